The van der Waals surface area contributed by atoms with Gasteiger partial charge >= 0.3 is 5.97 Å². The number of carboxylic acid groups (broad SMARTS) is 1. The molecule has 7 nitrogen and oxygen atoms in total. The van der Waals surface area contributed by atoms with Crippen molar-refractivity contribution in [2.24, 2.45) is 0 Å². The van der Waals surface area contributed by atoms with Crippen LogP contribution < -0.4 is 9.62 Å². The third kappa shape index (κ3) is 4.43. The van der Waals surface area contributed by atoms with Crippen LogP contribution in [0.1, 0.15) is 18.4 Å². The molecule has 23 heavy (non-hydrogen) atoms. The molecule has 0 spiro atoms. The number of ether oxygens (including phenoxy) is 1. The number of anilines is 1. The molecule has 0 bridgehead atoms. The molecule has 1 aliphatic rings. The number of benzene rings is 1. The summed E-state index contributed by atoms with van der Waals surface area (Å²) in [5.41, 5.74) is 2.06. The SMILES string of the molecule is COC(CNS(=O)(=O)c1ccc2c(c1)N(C)CCC2)CC(=O)O. The highest BCUT2D eigenvalue weighted by Gasteiger charge is 2.21. The van der Waals surface area contributed by atoms with E-state index in [0.717, 1.165) is 30.6 Å². The summed E-state index contributed by atoms with van der Waals surface area (Å²) in [6.07, 6.45) is 1.03. The Labute approximate surface area is 136 Å². The van der Waals surface area contributed by atoms with Gasteiger partial charge in [-0.1, -0.05) is 6.07 Å². The topological polar surface area (TPSA) is 95.9 Å². The van der Waals surface area contributed by atoms with Crippen LogP contribution in [0.3, 0.4) is 0 Å². The molecule has 0 radical (unpaired) electrons. The second kappa shape index (κ2) is 7.29. The van der Waals surface area contributed by atoms with Gasteiger partial charge in [-0.3, -0.25) is 4.79 Å². The molecule has 1 aromatic carbocycles. The van der Waals surface area contributed by atoms with Crippen molar-refractivity contribution >= 4 is 21.7 Å². The number of methoxy groups -OCH3 is 1. The van der Waals surface area contributed by atoms with Crippen molar-refractivity contribution in [3.63, 3.8) is 0 Å². The zero-order valence-corrected chi connectivity index (χ0v) is 14.1. The Morgan fingerprint density at radius 2 is 2.22 bits per heavy atom. The minimum absolute atomic E-state index is 0.0853. The van der Waals surface area contributed by atoms with E-state index in [1.165, 1.54) is 7.11 Å². The first-order valence-electron chi connectivity index (χ1n) is 7.42. The Hall–Kier alpha value is -1.64. The van der Waals surface area contributed by atoms with Gasteiger partial charge in [0.2, 0.25) is 10.0 Å². The summed E-state index contributed by atoms with van der Waals surface area (Å²) in [5.74, 6) is -1.04. The van der Waals surface area contributed by atoms with E-state index in [9.17, 15) is 13.2 Å². The highest BCUT2D eigenvalue weighted by atomic mass is 32.2. The van der Waals surface area contributed by atoms with Crippen LogP contribution in [0, 0.1) is 0 Å². The van der Waals surface area contributed by atoms with E-state index >= 15 is 0 Å². The van der Waals surface area contributed by atoms with Crippen molar-refractivity contribution in [2.75, 3.05) is 32.1 Å². The van der Waals surface area contributed by atoms with Crippen molar-refractivity contribution in [1.82, 2.24) is 4.72 Å². The molecule has 0 amide bonds. The molecule has 128 valence electrons. The molecular formula is C15H22N2O5S. The van der Waals surface area contributed by atoms with Crippen molar-refractivity contribution in [2.45, 2.75) is 30.3 Å². The van der Waals surface area contributed by atoms with Crippen LogP contribution in [-0.2, 0) is 26.0 Å². The van der Waals surface area contributed by atoms with Crippen molar-refractivity contribution in [1.29, 1.82) is 0 Å². The van der Waals surface area contributed by atoms with Gasteiger partial charge in [-0.25, -0.2) is 13.1 Å². The predicted octanol–water partition coefficient (Wildman–Crippen LogP) is 0.837. The number of sulfonamides is 1. The summed E-state index contributed by atoms with van der Waals surface area (Å²) >= 11 is 0. The third-order valence-electron chi connectivity index (χ3n) is 3.95. The molecule has 1 atom stereocenters. The number of carboxylic acids is 1. The first-order chi connectivity index (χ1) is 10.8. The molecule has 2 N–H and O–H groups in total. The van der Waals surface area contributed by atoms with E-state index < -0.39 is 22.1 Å². The number of aliphatic carboxylic acids is 1. The first-order valence-corrected chi connectivity index (χ1v) is 8.90. The van der Waals surface area contributed by atoms with Gasteiger partial charge < -0.3 is 14.7 Å². The van der Waals surface area contributed by atoms with E-state index in [1.54, 1.807) is 12.1 Å². The van der Waals surface area contributed by atoms with E-state index in [4.69, 9.17) is 9.84 Å². The Morgan fingerprint density at radius 3 is 2.87 bits per heavy atom. The highest BCUT2D eigenvalue weighted by Crippen LogP contribution is 2.28. The van der Waals surface area contributed by atoms with Gasteiger partial charge in [0.1, 0.15) is 0 Å². The Balaban J connectivity index is 2.13. The third-order valence-corrected chi connectivity index (χ3v) is 5.38. The maximum Gasteiger partial charge on any atom is 0.306 e. The summed E-state index contributed by atoms with van der Waals surface area (Å²) in [6, 6.07) is 5.08. The fourth-order valence-corrected chi connectivity index (χ4v) is 3.71. The van der Waals surface area contributed by atoms with Crippen molar-refractivity contribution in [3.8, 4) is 0 Å². The quantitative estimate of drug-likeness (QED) is 0.762. The molecule has 8 heteroatoms. The molecule has 1 aromatic rings. The van der Waals surface area contributed by atoms with Crippen molar-refractivity contribution in [3.05, 3.63) is 23.8 Å². The highest BCUT2D eigenvalue weighted by molar-refractivity contribution is 7.89. The summed E-state index contributed by atoms with van der Waals surface area (Å²) in [5, 5.41) is 8.76. The van der Waals surface area contributed by atoms with E-state index in [1.807, 2.05) is 18.0 Å². The van der Waals surface area contributed by atoms with Gasteiger partial charge in [-0.05, 0) is 30.5 Å². The predicted molar refractivity (Wildman–Crippen MR) is 86.3 cm³/mol. The molecule has 1 unspecified atom stereocenters. The van der Waals surface area contributed by atoms with Crippen LogP contribution in [0.4, 0.5) is 5.69 Å². The number of hydrogen-bond donors (Lipinski definition) is 2. The Bertz CT molecular complexity index is 674. The molecule has 0 saturated heterocycles. The first kappa shape index (κ1) is 17.7. The van der Waals surface area contributed by atoms with Crippen LogP contribution in [0.25, 0.3) is 0 Å². The van der Waals surface area contributed by atoms with Gasteiger partial charge in [-0.15, -0.1) is 0 Å². The standard InChI is InChI=1S/C15H22N2O5S/c1-17-7-3-4-11-5-6-13(9-14(11)17)23(20,21)16-10-12(22-2)8-15(18)19/h5-6,9,12,16H,3-4,7-8,10H2,1-2H3,(H,18,19). The number of nitrogens with zero attached hydrogens (tertiary/aromatic N) is 1. The van der Waals surface area contributed by atoms with Crippen LogP contribution >= 0.6 is 0 Å². The second-order valence-corrected chi connectivity index (χ2v) is 7.39. The molecule has 1 aliphatic heterocycles. The lowest BCUT2D eigenvalue weighted by Gasteiger charge is -2.28. The zero-order valence-electron chi connectivity index (χ0n) is 13.3. The maximum absolute atomic E-state index is 12.4. The average Bonchev–Trinajstić information content (AvgIpc) is 2.51. The number of fused-ring (bicyclic) bond motifs is 1. The van der Waals surface area contributed by atoms with E-state index in [2.05, 4.69) is 4.72 Å². The van der Waals surface area contributed by atoms with Gasteiger partial charge in [0.05, 0.1) is 17.4 Å². The van der Waals surface area contributed by atoms with Crippen LogP contribution in [0.15, 0.2) is 23.1 Å². The van der Waals surface area contributed by atoms with Gasteiger partial charge in [0.25, 0.3) is 0 Å². The lowest BCUT2D eigenvalue weighted by Crippen LogP contribution is -2.34. The fraction of sp³-hybridized carbons (Fsp3) is 0.533. The molecule has 1 heterocycles. The summed E-state index contributed by atoms with van der Waals surface area (Å²) < 4.78 is 32.2. The molecule has 0 fully saturated rings. The Morgan fingerprint density at radius 1 is 1.48 bits per heavy atom. The van der Waals surface area contributed by atoms with Crippen LogP contribution in [0.5, 0.6) is 0 Å². The lowest BCUT2D eigenvalue weighted by atomic mass is 10.0. The number of carbonyl (C=O) groups is 1. The summed E-state index contributed by atoms with van der Waals surface area (Å²) in [4.78, 5) is 12.9. The molecule has 0 saturated carbocycles. The molecule has 0 aliphatic carbocycles. The molecule has 2 rings (SSSR count). The molecule has 0 aromatic heterocycles. The largest absolute Gasteiger partial charge is 0.481 e. The molecular weight excluding hydrogens is 320 g/mol. The monoisotopic (exact) mass is 342 g/mol. The summed E-state index contributed by atoms with van der Waals surface area (Å²) in [6.45, 7) is 0.812. The normalized spacial score (nSPS) is 16.0. The Kier molecular flexibility index (Phi) is 5.61. The smallest absolute Gasteiger partial charge is 0.306 e. The second-order valence-electron chi connectivity index (χ2n) is 5.62. The van der Waals surface area contributed by atoms with Crippen LogP contribution in [0.2, 0.25) is 0 Å². The number of hydrogen-bond acceptors (Lipinski definition) is 5. The van der Waals surface area contributed by atoms with Crippen molar-refractivity contribution < 1.29 is 23.1 Å². The minimum Gasteiger partial charge on any atom is -0.481 e. The van der Waals surface area contributed by atoms with Gasteiger partial charge in [0, 0.05) is 32.9 Å². The summed E-state index contributed by atoms with van der Waals surface area (Å²) in [7, 11) is -0.411. The zero-order chi connectivity index (χ0) is 17.0. The minimum atomic E-state index is -3.71. The van der Waals surface area contributed by atoms with Gasteiger partial charge in [-0.2, -0.15) is 0 Å². The van der Waals surface area contributed by atoms with E-state index in [0.29, 0.717) is 0 Å². The number of aryl methyl sites for hydroxylation is 1. The fourth-order valence-electron chi connectivity index (χ4n) is 2.62. The number of nitrogens with one attached hydrogen (secondary N) is 1. The van der Waals surface area contributed by atoms with Crippen LogP contribution in [-0.4, -0.2) is 52.8 Å². The lowest BCUT2D eigenvalue weighted by molar-refractivity contribution is -0.139. The van der Waals surface area contributed by atoms with E-state index in [-0.39, 0.29) is 17.9 Å². The number of rotatable bonds is 7. The maximum atomic E-state index is 12.4. The van der Waals surface area contributed by atoms with Gasteiger partial charge in [0.15, 0.2) is 0 Å². The average molecular weight is 342 g/mol.